The van der Waals surface area contributed by atoms with E-state index < -0.39 is 79.6 Å². The first-order valence-electron chi connectivity index (χ1n) is 16.8. The van der Waals surface area contributed by atoms with Gasteiger partial charge in [0.1, 0.15) is 29.9 Å². The van der Waals surface area contributed by atoms with Crippen LogP contribution in [0.4, 0.5) is 0 Å². The second kappa shape index (κ2) is 21.9. The third-order valence-electron chi connectivity index (χ3n) is 7.79. The molecule has 0 bridgehead atoms. The summed E-state index contributed by atoms with van der Waals surface area (Å²) in [6, 6.07) is 6.54. The van der Waals surface area contributed by atoms with Crippen molar-refractivity contribution in [1.29, 1.82) is 0 Å². The van der Waals surface area contributed by atoms with E-state index in [0.29, 0.717) is 5.56 Å². The first-order chi connectivity index (χ1) is 25.7. The number of phosphoric acid groups is 1. The van der Waals surface area contributed by atoms with E-state index in [1.54, 1.807) is 30.3 Å². The van der Waals surface area contributed by atoms with Crippen LogP contribution in [0, 0.1) is 0 Å². The molecule has 302 valence electrons. The Bertz CT molecular complexity index is 1700. The highest BCUT2D eigenvalue weighted by Crippen LogP contribution is 2.37. The Labute approximate surface area is 315 Å². The fourth-order valence-electron chi connectivity index (χ4n) is 5.02. The maximum absolute atomic E-state index is 13.6. The number of aliphatic hydroxyl groups excluding tert-OH is 1. The van der Waals surface area contributed by atoms with Gasteiger partial charge in [-0.05, 0) is 55.9 Å². The first-order valence-corrected chi connectivity index (χ1v) is 18.4. The average Bonchev–Trinajstić information content (AvgIpc) is 3.09. The van der Waals surface area contributed by atoms with Crippen LogP contribution in [0.25, 0.3) is 0 Å². The van der Waals surface area contributed by atoms with Crippen LogP contribution >= 0.6 is 7.82 Å². The van der Waals surface area contributed by atoms with Crippen molar-refractivity contribution >= 4 is 49.3 Å². The Hall–Kier alpha value is -5.60. The molecule has 0 saturated heterocycles. The topological polar surface area (TPSA) is 374 Å². The molecular weight excluding hydrogens is 745 g/mol. The van der Waals surface area contributed by atoms with Crippen molar-refractivity contribution in [3.05, 3.63) is 65.7 Å². The minimum Gasteiger partial charge on any atom is -0.480 e. The number of benzene rings is 2. The standard InChI is InChI=1S/C33H48N9O12P/c1-18(43)27(31(48)41-25(32(49)50)17-20-9-11-21(12-10-20)54-55(51,52)53)42-30(47)23(8-5-15-38-33(36)37)40-29(46)24(13-14-26(35)44)39-28(45)22(34)16-19-6-3-2-4-7-19/h2-4,6-7,9-12,18,22-25,27,43H,5,8,13-17,34H2,1H3,(H2,35,44)(H,39,45)(H,40,46)(H,41,48)(H,42,47)(H,49,50)(H4,36,37,38)(H2,51,52,53). The SMILES string of the molecule is CC(O)C(NC(=O)C(CCCN=C(N)N)NC(=O)C(CCC(N)=O)NC(=O)C(N)Cc1ccccc1)C(=O)NC(Cc1ccc(OP(=O)(O)O)cc1)C(=O)O. The second-order valence-corrected chi connectivity index (χ2v) is 13.6. The van der Waals surface area contributed by atoms with Gasteiger partial charge in [-0.3, -0.25) is 38.8 Å². The van der Waals surface area contributed by atoms with E-state index in [4.69, 9.17) is 32.7 Å². The number of primary amides is 1. The van der Waals surface area contributed by atoms with E-state index in [0.717, 1.165) is 12.5 Å². The number of nitrogens with zero attached hydrogens (tertiary/aromatic N) is 1. The number of guanidine groups is 1. The van der Waals surface area contributed by atoms with Crippen LogP contribution in [0.15, 0.2) is 59.6 Å². The molecule has 0 aliphatic rings. The predicted octanol–water partition coefficient (Wildman–Crippen LogP) is -3.01. The van der Waals surface area contributed by atoms with Crippen LogP contribution in [-0.4, -0.2) is 104 Å². The van der Waals surface area contributed by atoms with Gasteiger partial charge in [0.2, 0.25) is 29.5 Å². The summed E-state index contributed by atoms with van der Waals surface area (Å²) in [6.07, 6.45) is -2.40. The summed E-state index contributed by atoms with van der Waals surface area (Å²) in [7, 11) is -4.84. The molecule has 21 nitrogen and oxygen atoms in total. The van der Waals surface area contributed by atoms with E-state index in [9.17, 15) is 43.5 Å². The van der Waals surface area contributed by atoms with Crippen LogP contribution in [0.5, 0.6) is 5.75 Å². The van der Waals surface area contributed by atoms with Crippen molar-refractivity contribution in [3.63, 3.8) is 0 Å². The van der Waals surface area contributed by atoms with Crippen molar-refractivity contribution in [2.45, 2.75) is 81.8 Å². The van der Waals surface area contributed by atoms with Gasteiger partial charge in [0.25, 0.3) is 0 Å². The van der Waals surface area contributed by atoms with E-state index in [1.807, 2.05) is 0 Å². The summed E-state index contributed by atoms with van der Waals surface area (Å²) in [4.78, 5) is 98.9. The Morgan fingerprint density at radius 2 is 1.31 bits per heavy atom. The Morgan fingerprint density at radius 1 is 0.764 bits per heavy atom. The summed E-state index contributed by atoms with van der Waals surface area (Å²) >= 11 is 0. The number of carboxylic acids is 1. The molecule has 2 aromatic rings. The predicted molar refractivity (Wildman–Crippen MR) is 196 cm³/mol. The number of carbonyl (C=O) groups excluding carboxylic acids is 5. The minimum absolute atomic E-state index is 0.0190. The molecule has 6 unspecified atom stereocenters. The van der Waals surface area contributed by atoms with Gasteiger partial charge in [-0.15, -0.1) is 0 Å². The molecule has 5 amide bonds. The molecule has 2 rings (SSSR count). The lowest BCUT2D eigenvalue weighted by Gasteiger charge is -2.27. The number of phosphoric ester groups is 1. The molecule has 0 spiro atoms. The Morgan fingerprint density at radius 3 is 1.85 bits per heavy atom. The molecule has 0 radical (unpaired) electrons. The number of hydrogen-bond donors (Lipinski definition) is 12. The van der Waals surface area contributed by atoms with Crippen LogP contribution in [-0.2, 0) is 46.2 Å². The van der Waals surface area contributed by atoms with Crippen molar-refractivity contribution in [3.8, 4) is 5.75 Å². The smallest absolute Gasteiger partial charge is 0.480 e. The van der Waals surface area contributed by atoms with Crippen molar-refractivity contribution in [1.82, 2.24) is 21.3 Å². The van der Waals surface area contributed by atoms with Gasteiger partial charge in [-0.25, -0.2) is 9.36 Å². The third kappa shape index (κ3) is 17.4. The Kier molecular flexibility index (Phi) is 18.2. The quantitative estimate of drug-likeness (QED) is 0.0231. The molecule has 16 N–H and O–H groups in total. The maximum Gasteiger partial charge on any atom is 0.524 e. The minimum atomic E-state index is -4.84. The summed E-state index contributed by atoms with van der Waals surface area (Å²) in [6.45, 7) is 1.17. The van der Waals surface area contributed by atoms with Gasteiger partial charge >= 0.3 is 13.8 Å². The van der Waals surface area contributed by atoms with Crippen LogP contribution < -0.4 is 48.7 Å². The number of carbonyl (C=O) groups is 6. The summed E-state index contributed by atoms with van der Waals surface area (Å²) in [5.74, 6) is -6.45. The zero-order valence-corrected chi connectivity index (χ0v) is 30.8. The Balaban J connectivity index is 2.25. The monoisotopic (exact) mass is 793 g/mol. The lowest BCUT2D eigenvalue weighted by molar-refractivity contribution is -0.143. The summed E-state index contributed by atoms with van der Waals surface area (Å²) in [5.41, 5.74) is 23.2. The van der Waals surface area contributed by atoms with E-state index in [1.165, 1.54) is 24.3 Å². The fourth-order valence-corrected chi connectivity index (χ4v) is 5.42. The molecule has 0 fully saturated rings. The number of nitrogens with two attached hydrogens (primary N) is 4. The van der Waals surface area contributed by atoms with Crippen molar-refractivity contribution < 1.29 is 57.9 Å². The molecule has 6 atom stereocenters. The van der Waals surface area contributed by atoms with Gasteiger partial charge in [-0.2, -0.15) is 0 Å². The van der Waals surface area contributed by atoms with Gasteiger partial charge < -0.3 is 58.9 Å². The first kappa shape index (κ1) is 45.6. The number of aliphatic carboxylic acids is 1. The largest absolute Gasteiger partial charge is 0.524 e. The summed E-state index contributed by atoms with van der Waals surface area (Å²) in [5, 5.41) is 29.8. The number of nitrogens with one attached hydrogen (secondary N) is 4. The molecule has 2 aromatic carbocycles. The molecule has 0 aromatic heterocycles. The number of amides is 5. The van der Waals surface area contributed by atoms with Gasteiger partial charge in [0, 0.05) is 19.4 Å². The molecule has 0 aliphatic carbocycles. The highest BCUT2D eigenvalue weighted by Gasteiger charge is 2.34. The molecule has 55 heavy (non-hydrogen) atoms. The van der Waals surface area contributed by atoms with Crippen molar-refractivity contribution in [2.75, 3.05) is 6.54 Å². The zero-order chi connectivity index (χ0) is 41.3. The van der Waals surface area contributed by atoms with Gasteiger partial charge in [0.15, 0.2) is 5.96 Å². The normalized spacial score (nSPS) is 14.4. The van der Waals surface area contributed by atoms with Crippen LogP contribution in [0.1, 0.15) is 43.7 Å². The number of aliphatic imine (C=N–C) groups is 1. The molecular formula is C33H48N9O12P. The molecule has 0 saturated carbocycles. The molecule has 22 heteroatoms. The average molecular weight is 794 g/mol. The van der Waals surface area contributed by atoms with E-state index in [-0.39, 0.29) is 56.8 Å². The lowest BCUT2D eigenvalue weighted by Crippen LogP contribution is -2.60. The zero-order valence-electron chi connectivity index (χ0n) is 29.9. The highest BCUT2D eigenvalue weighted by molar-refractivity contribution is 7.46. The molecule has 0 heterocycles. The van der Waals surface area contributed by atoms with E-state index in [2.05, 4.69) is 30.8 Å². The summed E-state index contributed by atoms with van der Waals surface area (Å²) < 4.78 is 15.5. The van der Waals surface area contributed by atoms with Crippen LogP contribution in [0.2, 0.25) is 0 Å². The maximum atomic E-state index is 13.6. The highest BCUT2D eigenvalue weighted by atomic mass is 31.2. The molecule has 0 aliphatic heterocycles. The lowest BCUT2D eigenvalue weighted by atomic mass is 10.0. The number of aliphatic hydroxyl groups is 1. The number of carboxylic acid groups (broad SMARTS) is 1. The second-order valence-electron chi connectivity index (χ2n) is 12.4. The van der Waals surface area contributed by atoms with Gasteiger partial charge in [0.05, 0.1) is 12.1 Å². The number of hydrogen-bond acceptors (Lipinski definition) is 11. The third-order valence-corrected chi connectivity index (χ3v) is 8.24. The fraction of sp³-hybridized carbons (Fsp3) is 0.424. The number of rotatable bonds is 23. The van der Waals surface area contributed by atoms with Crippen LogP contribution in [0.3, 0.4) is 0 Å². The van der Waals surface area contributed by atoms with Crippen molar-refractivity contribution in [2.24, 2.45) is 27.9 Å². The van der Waals surface area contributed by atoms with Gasteiger partial charge in [-0.1, -0.05) is 42.5 Å². The van der Waals surface area contributed by atoms with E-state index >= 15 is 0 Å².